The smallest absolute Gasteiger partial charge is 0.339 e. The van der Waals surface area contributed by atoms with Gasteiger partial charge in [0.25, 0.3) is 0 Å². The fourth-order valence-electron chi connectivity index (χ4n) is 1.36. The van der Waals surface area contributed by atoms with Crippen molar-refractivity contribution < 1.29 is 19.4 Å². The molecule has 0 saturated carbocycles. The Balaban J connectivity index is 2.47. The third kappa shape index (κ3) is 1.51. The maximum Gasteiger partial charge on any atom is 0.339 e. The molecule has 0 aliphatic carbocycles. The average molecular weight is 194 g/mol. The molecule has 1 aliphatic heterocycles. The van der Waals surface area contributed by atoms with Crippen molar-refractivity contribution in [3.63, 3.8) is 0 Å². The highest BCUT2D eigenvalue weighted by molar-refractivity contribution is 5.92. The van der Waals surface area contributed by atoms with Gasteiger partial charge in [-0.2, -0.15) is 0 Å². The number of para-hydroxylation sites is 1. The Morgan fingerprint density at radius 2 is 2.07 bits per heavy atom. The minimum Gasteiger partial charge on any atom is -0.490 e. The van der Waals surface area contributed by atoms with Crippen LogP contribution in [0.3, 0.4) is 0 Å². The van der Waals surface area contributed by atoms with Crippen LogP contribution in [0.25, 0.3) is 0 Å². The molecule has 0 bridgehead atoms. The van der Waals surface area contributed by atoms with E-state index in [0.29, 0.717) is 24.7 Å². The van der Waals surface area contributed by atoms with Gasteiger partial charge in [0.2, 0.25) is 0 Å². The number of fused-ring (bicyclic) bond motifs is 1. The Morgan fingerprint density at radius 3 is 2.86 bits per heavy atom. The van der Waals surface area contributed by atoms with Crippen LogP contribution < -0.4 is 9.47 Å². The first kappa shape index (κ1) is 8.87. The van der Waals surface area contributed by atoms with Crippen LogP contribution in [-0.2, 0) is 0 Å². The molecule has 0 amide bonds. The van der Waals surface area contributed by atoms with Crippen LogP contribution in [0.4, 0.5) is 0 Å². The Morgan fingerprint density at radius 1 is 1.29 bits per heavy atom. The predicted molar refractivity (Wildman–Crippen MR) is 49.0 cm³/mol. The van der Waals surface area contributed by atoms with E-state index in [-0.39, 0.29) is 5.56 Å². The third-order valence-electron chi connectivity index (χ3n) is 2.00. The van der Waals surface area contributed by atoms with E-state index in [4.69, 9.17) is 14.6 Å². The molecule has 4 nitrogen and oxygen atoms in total. The largest absolute Gasteiger partial charge is 0.490 e. The van der Waals surface area contributed by atoms with Gasteiger partial charge in [-0.3, -0.25) is 0 Å². The molecule has 0 spiro atoms. The zero-order chi connectivity index (χ0) is 9.97. The van der Waals surface area contributed by atoms with E-state index in [0.717, 1.165) is 6.42 Å². The van der Waals surface area contributed by atoms with Crippen molar-refractivity contribution in [3.05, 3.63) is 23.8 Å². The number of carboxylic acids is 1. The van der Waals surface area contributed by atoms with Crippen LogP contribution in [0.15, 0.2) is 18.2 Å². The molecule has 0 atom stereocenters. The molecule has 0 aromatic heterocycles. The maximum atomic E-state index is 10.8. The summed E-state index contributed by atoms with van der Waals surface area (Å²) in [5.74, 6) is -0.132. The molecule has 2 rings (SSSR count). The van der Waals surface area contributed by atoms with E-state index in [1.165, 1.54) is 6.07 Å². The molecule has 0 unspecified atom stereocenters. The van der Waals surface area contributed by atoms with Crippen molar-refractivity contribution >= 4 is 5.97 Å². The van der Waals surface area contributed by atoms with Crippen LogP contribution in [-0.4, -0.2) is 24.3 Å². The van der Waals surface area contributed by atoms with Crippen LogP contribution in [0.5, 0.6) is 11.5 Å². The molecule has 0 saturated heterocycles. The highest BCUT2D eigenvalue weighted by Gasteiger charge is 2.18. The zero-order valence-electron chi connectivity index (χ0n) is 7.53. The standard InChI is InChI=1S/C10H10O4/c11-10(12)7-3-1-4-8-9(7)14-6-2-5-13-8/h1,3-4H,2,5-6H2,(H,11,12). The number of hydrogen-bond acceptors (Lipinski definition) is 3. The van der Waals surface area contributed by atoms with Gasteiger partial charge in [0.1, 0.15) is 5.56 Å². The first-order valence-corrected chi connectivity index (χ1v) is 4.41. The number of hydrogen-bond donors (Lipinski definition) is 1. The number of benzene rings is 1. The lowest BCUT2D eigenvalue weighted by atomic mass is 10.2. The summed E-state index contributed by atoms with van der Waals surface area (Å²) < 4.78 is 10.7. The zero-order valence-corrected chi connectivity index (χ0v) is 7.53. The molecular weight excluding hydrogens is 184 g/mol. The van der Waals surface area contributed by atoms with Gasteiger partial charge in [0.15, 0.2) is 11.5 Å². The topological polar surface area (TPSA) is 55.8 Å². The first-order chi connectivity index (χ1) is 6.79. The van der Waals surface area contributed by atoms with Crippen molar-refractivity contribution in [2.24, 2.45) is 0 Å². The second-order valence-corrected chi connectivity index (χ2v) is 2.99. The monoisotopic (exact) mass is 194 g/mol. The van der Waals surface area contributed by atoms with Gasteiger partial charge in [-0.15, -0.1) is 0 Å². The minimum absolute atomic E-state index is 0.157. The summed E-state index contributed by atoms with van der Waals surface area (Å²) in [5, 5.41) is 8.90. The summed E-state index contributed by atoms with van der Waals surface area (Å²) in [5.41, 5.74) is 0.157. The summed E-state index contributed by atoms with van der Waals surface area (Å²) in [6.45, 7) is 1.06. The fourth-order valence-corrected chi connectivity index (χ4v) is 1.36. The van der Waals surface area contributed by atoms with E-state index in [1.807, 2.05) is 0 Å². The van der Waals surface area contributed by atoms with Crippen molar-refractivity contribution in [3.8, 4) is 11.5 Å². The number of aromatic carboxylic acids is 1. The highest BCUT2D eigenvalue weighted by Crippen LogP contribution is 2.32. The van der Waals surface area contributed by atoms with Crippen LogP contribution >= 0.6 is 0 Å². The van der Waals surface area contributed by atoms with E-state index in [2.05, 4.69) is 0 Å². The molecule has 1 aromatic carbocycles. The van der Waals surface area contributed by atoms with E-state index < -0.39 is 5.97 Å². The summed E-state index contributed by atoms with van der Waals surface area (Å²) >= 11 is 0. The van der Waals surface area contributed by atoms with Gasteiger partial charge < -0.3 is 14.6 Å². The first-order valence-electron chi connectivity index (χ1n) is 4.41. The average Bonchev–Trinajstić information content (AvgIpc) is 2.41. The predicted octanol–water partition coefficient (Wildman–Crippen LogP) is 1.55. The minimum atomic E-state index is -0.993. The Labute approximate surface area is 81.1 Å². The maximum absolute atomic E-state index is 10.8. The van der Waals surface area contributed by atoms with E-state index in [1.54, 1.807) is 12.1 Å². The molecule has 0 radical (unpaired) electrons. The van der Waals surface area contributed by atoms with Crippen molar-refractivity contribution in [2.75, 3.05) is 13.2 Å². The van der Waals surface area contributed by atoms with Crippen molar-refractivity contribution in [1.29, 1.82) is 0 Å². The lowest BCUT2D eigenvalue weighted by Gasteiger charge is -2.08. The number of rotatable bonds is 1. The molecular formula is C10H10O4. The summed E-state index contributed by atoms with van der Waals surface area (Å²) in [6.07, 6.45) is 0.772. The van der Waals surface area contributed by atoms with Crippen LogP contribution in [0.2, 0.25) is 0 Å². The van der Waals surface area contributed by atoms with Gasteiger partial charge in [-0.1, -0.05) is 6.07 Å². The number of ether oxygens (including phenoxy) is 2. The second-order valence-electron chi connectivity index (χ2n) is 2.99. The second kappa shape index (κ2) is 3.57. The SMILES string of the molecule is O=C(O)c1cccc2c1OCCCO2. The molecule has 74 valence electrons. The van der Waals surface area contributed by atoms with Gasteiger partial charge in [0.05, 0.1) is 13.2 Å². The lowest BCUT2D eigenvalue weighted by Crippen LogP contribution is -2.02. The Kier molecular flexibility index (Phi) is 2.26. The van der Waals surface area contributed by atoms with E-state index in [9.17, 15) is 4.79 Å². The van der Waals surface area contributed by atoms with Crippen LogP contribution in [0.1, 0.15) is 16.8 Å². The van der Waals surface area contributed by atoms with Crippen molar-refractivity contribution in [2.45, 2.75) is 6.42 Å². The summed E-state index contributed by atoms with van der Waals surface area (Å²) in [4.78, 5) is 10.8. The Bertz CT molecular complexity index is 359. The molecule has 14 heavy (non-hydrogen) atoms. The Hall–Kier alpha value is -1.71. The van der Waals surface area contributed by atoms with Crippen molar-refractivity contribution in [1.82, 2.24) is 0 Å². The summed E-state index contributed by atoms with van der Waals surface area (Å²) in [7, 11) is 0. The molecule has 0 fully saturated rings. The fraction of sp³-hybridized carbons (Fsp3) is 0.300. The van der Waals surface area contributed by atoms with Gasteiger partial charge in [0, 0.05) is 6.42 Å². The molecule has 1 heterocycles. The summed E-state index contributed by atoms with van der Waals surface area (Å²) in [6, 6.07) is 4.87. The van der Waals surface area contributed by atoms with Gasteiger partial charge in [-0.25, -0.2) is 4.79 Å². The molecule has 1 aromatic rings. The normalized spacial score (nSPS) is 14.6. The number of carboxylic acid groups (broad SMARTS) is 1. The highest BCUT2D eigenvalue weighted by atomic mass is 16.5. The molecule has 1 aliphatic rings. The number of carbonyl (C=O) groups is 1. The molecule has 4 heteroatoms. The quantitative estimate of drug-likeness (QED) is 0.736. The lowest BCUT2D eigenvalue weighted by molar-refractivity contribution is 0.0692. The molecule has 1 N–H and O–H groups in total. The van der Waals surface area contributed by atoms with Gasteiger partial charge in [-0.05, 0) is 12.1 Å². The van der Waals surface area contributed by atoms with E-state index >= 15 is 0 Å². The van der Waals surface area contributed by atoms with Crippen LogP contribution in [0, 0.1) is 0 Å². The third-order valence-corrected chi connectivity index (χ3v) is 2.00. The van der Waals surface area contributed by atoms with Gasteiger partial charge >= 0.3 is 5.97 Å².